The van der Waals surface area contributed by atoms with Gasteiger partial charge in [0.25, 0.3) is 0 Å². The van der Waals surface area contributed by atoms with Crippen molar-refractivity contribution in [3.63, 3.8) is 0 Å². The Labute approximate surface area is 368 Å². The van der Waals surface area contributed by atoms with Crippen molar-refractivity contribution >= 4 is 17.9 Å². The predicted octanol–water partition coefficient (Wildman–Crippen LogP) is 16.9. The van der Waals surface area contributed by atoms with E-state index in [0.29, 0.717) is 19.3 Å². The quantitative estimate of drug-likeness (QED) is 0.0345. The van der Waals surface area contributed by atoms with Gasteiger partial charge in [0.15, 0.2) is 6.10 Å². The zero-order valence-electron chi connectivity index (χ0n) is 40.4. The molecule has 59 heavy (non-hydrogen) atoms. The van der Waals surface area contributed by atoms with Gasteiger partial charge in [-0.1, -0.05) is 253 Å². The molecule has 0 aliphatic carbocycles. The van der Waals surface area contributed by atoms with E-state index in [2.05, 4.69) is 34.6 Å². The fourth-order valence-electron chi connectivity index (χ4n) is 7.99. The summed E-state index contributed by atoms with van der Waals surface area (Å²) >= 11 is 0. The minimum atomic E-state index is -0.762. The molecule has 350 valence electrons. The van der Waals surface area contributed by atoms with Crippen LogP contribution in [0.5, 0.6) is 0 Å². The first kappa shape index (κ1) is 57.4. The minimum absolute atomic E-state index is 0.0636. The van der Waals surface area contributed by atoms with Crippen molar-refractivity contribution in [2.45, 2.75) is 298 Å². The Balaban J connectivity index is 4.32. The second-order valence-corrected chi connectivity index (χ2v) is 19.1. The van der Waals surface area contributed by atoms with Gasteiger partial charge in [-0.15, -0.1) is 0 Å². The molecular weight excluding hydrogens is 733 g/mol. The molecule has 0 saturated carbocycles. The molecule has 0 N–H and O–H groups in total. The number of hydrogen-bond donors (Lipinski definition) is 0. The fourth-order valence-corrected chi connectivity index (χ4v) is 7.99. The number of esters is 3. The summed E-state index contributed by atoms with van der Waals surface area (Å²) in [6.45, 7) is 11.4. The normalized spacial score (nSPS) is 12.1. The van der Waals surface area contributed by atoms with Crippen LogP contribution in [0, 0.1) is 11.8 Å². The maximum Gasteiger partial charge on any atom is 0.306 e. The molecule has 0 aromatic carbocycles. The highest BCUT2D eigenvalue weighted by molar-refractivity contribution is 5.71. The van der Waals surface area contributed by atoms with Crippen molar-refractivity contribution < 1.29 is 28.6 Å². The first-order valence-corrected chi connectivity index (χ1v) is 26.2. The van der Waals surface area contributed by atoms with Crippen molar-refractivity contribution in [1.82, 2.24) is 0 Å². The molecule has 0 fully saturated rings. The number of rotatable bonds is 47. The highest BCUT2D eigenvalue weighted by atomic mass is 16.6. The van der Waals surface area contributed by atoms with Gasteiger partial charge in [0.2, 0.25) is 0 Å². The van der Waals surface area contributed by atoms with E-state index < -0.39 is 6.10 Å². The summed E-state index contributed by atoms with van der Waals surface area (Å²) in [5, 5.41) is 0. The maximum absolute atomic E-state index is 12.8. The van der Waals surface area contributed by atoms with Gasteiger partial charge in [-0.2, -0.15) is 0 Å². The van der Waals surface area contributed by atoms with Crippen molar-refractivity contribution in [1.29, 1.82) is 0 Å². The van der Waals surface area contributed by atoms with Crippen LogP contribution in [0.1, 0.15) is 291 Å². The lowest BCUT2D eigenvalue weighted by molar-refractivity contribution is -0.167. The molecule has 1 atom stereocenters. The number of ether oxygens (including phenoxy) is 3. The Morgan fingerprint density at radius 1 is 0.322 bits per heavy atom. The van der Waals surface area contributed by atoms with Crippen molar-refractivity contribution in [3.05, 3.63) is 0 Å². The predicted molar refractivity (Wildman–Crippen MR) is 252 cm³/mol. The molecule has 0 saturated heterocycles. The summed E-state index contributed by atoms with van der Waals surface area (Å²) in [6, 6.07) is 0. The van der Waals surface area contributed by atoms with Crippen LogP contribution in [0.4, 0.5) is 0 Å². The zero-order chi connectivity index (χ0) is 43.3. The highest BCUT2D eigenvalue weighted by Gasteiger charge is 2.19. The average Bonchev–Trinajstić information content (AvgIpc) is 3.20. The van der Waals surface area contributed by atoms with E-state index in [1.54, 1.807) is 0 Å². The summed E-state index contributed by atoms with van der Waals surface area (Å²) in [4.78, 5) is 38.0. The van der Waals surface area contributed by atoms with E-state index in [1.165, 1.54) is 180 Å². The standard InChI is InChI=1S/C53H102O6/c1-6-7-8-9-10-11-12-13-14-17-23-28-33-38-43-51(54)57-46-50(47-58-52(55)44-39-34-29-24-20-19-22-27-32-37-42-49(4)5)59-53(56)45-40-35-30-25-18-15-16-21-26-31-36-41-48(2)3/h48-50H,6-47H2,1-5H3/t50-/m1/s1. The van der Waals surface area contributed by atoms with Crippen LogP contribution in [0.2, 0.25) is 0 Å². The van der Waals surface area contributed by atoms with Crippen LogP contribution >= 0.6 is 0 Å². The SMILES string of the molecule is CCCCCCCCCCCCCCCCC(=O)OC[C@H](COC(=O)CCCCCCCCCCCCC(C)C)OC(=O)CCCCCCCCCCCCCC(C)C. The number of carbonyl (C=O) groups excluding carboxylic acids is 3. The number of carbonyl (C=O) groups is 3. The third-order valence-electron chi connectivity index (χ3n) is 12.0. The molecule has 0 bridgehead atoms. The molecule has 6 heteroatoms. The van der Waals surface area contributed by atoms with Crippen LogP contribution in [0.3, 0.4) is 0 Å². The first-order valence-electron chi connectivity index (χ1n) is 26.2. The van der Waals surface area contributed by atoms with E-state index in [4.69, 9.17) is 14.2 Å². The van der Waals surface area contributed by atoms with Gasteiger partial charge in [0, 0.05) is 19.3 Å². The molecule has 0 unspecified atom stereocenters. The van der Waals surface area contributed by atoms with Crippen LogP contribution in [0.15, 0.2) is 0 Å². The Bertz CT molecular complexity index is 900. The van der Waals surface area contributed by atoms with E-state index >= 15 is 0 Å². The lowest BCUT2D eigenvalue weighted by atomic mass is 10.0. The molecule has 0 aromatic heterocycles. The van der Waals surface area contributed by atoms with E-state index in [-0.39, 0.29) is 31.1 Å². The maximum atomic E-state index is 12.8. The fraction of sp³-hybridized carbons (Fsp3) is 0.943. The zero-order valence-corrected chi connectivity index (χ0v) is 40.4. The molecule has 0 aromatic rings. The first-order chi connectivity index (χ1) is 28.7. The van der Waals surface area contributed by atoms with Gasteiger partial charge >= 0.3 is 17.9 Å². The summed E-state index contributed by atoms with van der Waals surface area (Å²) in [5.74, 6) is 0.796. The average molecular weight is 835 g/mol. The number of hydrogen-bond acceptors (Lipinski definition) is 6. The molecule has 0 radical (unpaired) electrons. The molecule has 0 amide bonds. The smallest absolute Gasteiger partial charge is 0.306 e. The Kier molecular flexibility index (Phi) is 44.7. The molecule has 0 rings (SSSR count). The van der Waals surface area contributed by atoms with Crippen LogP contribution < -0.4 is 0 Å². The van der Waals surface area contributed by atoms with Crippen LogP contribution in [0.25, 0.3) is 0 Å². The Morgan fingerprint density at radius 2 is 0.559 bits per heavy atom. The Morgan fingerprint density at radius 3 is 0.831 bits per heavy atom. The van der Waals surface area contributed by atoms with Crippen LogP contribution in [-0.2, 0) is 28.6 Å². The number of unbranched alkanes of at least 4 members (excludes halogenated alkanes) is 32. The monoisotopic (exact) mass is 835 g/mol. The van der Waals surface area contributed by atoms with Crippen LogP contribution in [-0.4, -0.2) is 37.2 Å². The van der Waals surface area contributed by atoms with Gasteiger partial charge < -0.3 is 14.2 Å². The van der Waals surface area contributed by atoms with Crippen molar-refractivity contribution in [2.24, 2.45) is 11.8 Å². The highest BCUT2D eigenvalue weighted by Crippen LogP contribution is 2.17. The van der Waals surface area contributed by atoms with Gasteiger partial charge in [-0.3, -0.25) is 14.4 Å². The third kappa shape index (κ3) is 47.3. The molecule has 0 aliphatic heterocycles. The van der Waals surface area contributed by atoms with E-state index in [1.807, 2.05) is 0 Å². The topological polar surface area (TPSA) is 78.9 Å². The molecule has 0 aliphatic rings. The van der Waals surface area contributed by atoms with E-state index in [0.717, 1.165) is 69.6 Å². The lowest BCUT2D eigenvalue weighted by Gasteiger charge is -2.18. The summed E-state index contributed by atoms with van der Waals surface area (Å²) in [6.07, 6.45) is 46.6. The summed E-state index contributed by atoms with van der Waals surface area (Å²) in [7, 11) is 0. The molecule has 0 heterocycles. The summed E-state index contributed by atoms with van der Waals surface area (Å²) < 4.78 is 16.8. The molecule has 0 spiro atoms. The second-order valence-electron chi connectivity index (χ2n) is 19.1. The Hall–Kier alpha value is -1.59. The van der Waals surface area contributed by atoms with Gasteiger partial charge in [-0.05, 0) is 31.1 Å². The molecular formula is C53H102O6. The van der Waals surface area contributed by atoms with Crippen molar-refractivity contribution in [2.75, 3.05) is 13.2 Å². The largest absolute Gasteiger partial charge is 0.462 e. The second kappa shape index (κ2) is 45.9. The van der Waals surface area contributed by atoms with E-state index in [9.17, 15) is 14.4 Å². The van der Waals surface area contributed by atoms with Gasteiger partial charge in [0.1, 0.15) is 13.2 Å². The third-order valence-corrected chi connectivity index (χ3v) is 12.0. The van der Waals surface area contributed by atoms with Gasteiger partial charge in [-0.25, -0.2) is 0 Å². The van der Waals surface area contributed by atoms with Gasteiger partial charge in [0.05, 0.1) is 0 Å². The molecule has 6 nitrogen and oxygen atoms in total. The summed E-state index contributed by atoms with van der Waals surface area (Å²) in [5.41, 5.74) is 0. The lowest BCUT2D eigenvalue weighted by Crippen LogP contribution is -2.30. The van der Waals surface area contributed by atoms with Crippen molar-refractivity contribution in [3.8, 4) is 0 Å². The minimum Gasteiger partial charge on any atom is -0.462 e.